The average molecular weight is 357 g/mol. The van der Waals surface area contributed by atoms with E-state index in [9.17, 15) is 9.59 Å². The minimum atomic E-state index is -0.983. The van der Waals surface area contributed by atoms with Crippen LogP contribution in [-0.2, 0) is 16.1 Å². The number of aryl methyl sites for hydroxylation is 1. The molecule has 0 bridgehead atoms. The summed E-state index contributed by atoms with van der Waals surface area (Å²) in [5, 5.41) is 11.3. The van der Waals surface area contributed by atoms with Crippen molar-refractivity contribution < 1.29 is 24.2 Å². The monoisotopic (exact) mass is 357 g/mol. The molecule has 0 saturated carbocycles. The third kappa shape index (κ3) is 7.25. The summed E-state index contributed by atoms with van der Waals surface area (Å²) < 4.78 is 11.3. The summed E-state index contributed by atoms with van der Waals surface area (Å²) in [4.78, 5) is 22.0. The summed E-state index contributed by atoms with van der Waals surface area (Å²) in [5.41, 5.74) is 2.02. The lowest BCUT2D eigenvalue weighted by atomic mass is 10.2. The van der Waals surface area contributed by atoms with Gasteiger partial charge >= 0.3 is 5.97 Å². The molecule has 0 aromatic heterocycles. The summed E-state index contributed by atoms with van der Waals surface area (Å²) in [6, 6.07) is 15.2. The van der Waals surface area contributed by atoms with Gasteiger partial charge in [0.1, 0.15) is 24.7 Å². The van der Waals surface area contributed by atoms with Crippen LogP contribution in [0.2, 0.25) is 0 Å². The van der Waals surface area contributed by atoms with E-state index in [-0.39, 0.29) is 18.7 Å². The second-order valence-corrected chi connectivity index (χ2v) is 5.83. The van der Waals surface area contributed by atoms with E-state index < -0.39 is 5.97 Å². The number of carboxylic acids is 1. The third-order valence-electron chi connectivity index (χ3n) is 3.56. The van der Waals surface area contributed by atoms with Gasteiger partial charge in [0.2, 0.25) is 5.91 Å². The zero-order valence-corrected chi connectivity index (χ0v) is 14.7. The van der Waals surface area contributed by atoms with Gasteiger partial charge in [-0.3, -0.25) is 9.59 Å². The van der Waals surface area contributed by atoms with Crippen LogP contribution in [0, 0.1) is 6.92 Å². The molecule has 0 heterocycles. The van der Waals surface area contributed by atoms with E-state index in [4.69, 9.17) is 14.6 Å². The third-order valence-corrected chi connectivity index (χ3v) is 3.56. The molecule has 0 aliphatic rings. The van der Waals surface area contributed by atoms with Gasteiger partial charge in [-0.2, -0.15) is 0 Å². The first kappa shape index (κ1) is 19.3. The highest BCUT2D eigenvalue weighted by Gasteiger charge is 2.05. The van der Waals surface area contributed by atoms with Crippen molar-refractivity contribution in [3.8, 4) is 11.5 Å². The fourth-order valence-corrected chi connectivity index (χ4v) is 2.28. The molecule has 0 spiro atoms. The molecule has 6 nitrogen and oxygen atoms in total. The lowest BCUT2D eigenvalue weighted by Crippen LogP contribution is -2.23. The van der Waals surface area contributed by atoms with Gasteiger partial charge in [-0.1, -0.05) is 24.3 Å². The second kappa shape index (κ2) is 10.1. The SMILES string of the molecule is Cc1cccc(OCCOc2cccc(CNC(=O)CCC(=O)O)c2)c1. The number of aliphatic carboxylic acids is 1. The smallest absolute Gasteiger partial charge is 0.303 e. The summed E-state index contributed by atoms with van der Waals surface area (Å²) in [6.07, 6.45) is -0.197. The van der Waals surface area contributed by atoms with E-state index in [1.54, 1.807) is 0 Å². The van der Waals surface area contributed by atoms with Crippen molar-refractivity contribution in [2.45, 2.75) is 26.3 Å². The van der Waals surface area contributed by atoms with Crippen LogP contribution in [0.5, 0.6) is 11.5 Å². The molecule has 0 aliphatic heterocycles. The Morgan fingerprint density at radius 3 is 2.27 bits per heavy atom. The van der Waals surface area contributed by atoms with Crippen LogP contribution < -0.4 is 14.8 Å². The molecule has 0 fully saturated rings. The van der Waals surface area contributed by atoms with Crippen LogP contribution in [0.15, 0.2) is 48.5 Å². The quantitative estimate of drug-likeness (QED) is 0.639. The van der Waals surface area contributed by atoms with Crippen LogP contribution in [0.3, 0.4) is 0 Å². The highest BCUT2D eigenvalue weighted by Crippen LogP contribution is 2.14. The molecule has 0 aliphatic carbocycles. The second-order valence-electron chi connectivity index (χ2n) is 5.83. The average Bonchev–Trinajstić information content (AvgIpc) is 2.62. The number of benzene rings is 2. The summed E-state index contributed by atoms with van der Waals surface area (Å²) >= 11 is 0. The molecule has 0 radical (unpaired) electrons. The number of hydrogen-bond acceptors (Lipinski definition) is 4. The Bertz CT molecular complexity index is 744. The van der Waals surface area contributed by atoms with Gasteiger partial charge in [0.05, 0.1) is 6.42 Å². The highest BCUT2D eigenvalue weighted by molar-refractivity contribution is 5.80. The van der Waals surface area contributed by atoms with Crippen LogP contribution in [0.1, 0.15) is 24.0 Å². The topological polar surface area (TPSA) is 84.9 Å². The Kier molecular flexibility index (Phi) is 7.49. The van der Waals surface area contributed by atoms with E-state index in [2.05, 4.69) is 5.32 Å². The molecule has 138 valence electrons. The highest BCUT2D eigenvalue weighted by atomic mass is 16.5. The number of carbonyl (C=O) groups excluding carboxylic acids is 1. The number of ether oxygens (including phenoxy) is 2. The van der Waals surface area contributed by atoms with Crippen molar-refractivity contribution >= 4 is 11.9 Å². The van der Waals surface area contributed by atoms with Crippen LogP contribution in [0.25, 0.3) is 0 Å². The predicted octanol–water partition coefficient (Wildman–Crippen LogP) is 2.93. The molecule has 6 heteroatoms. The molecule has 2 aromatic rings. The number of rotatable bonds is 10. The Morgan fingerprint density at radius 1 is 0.962 bits per heavy atom. The van der Waals surface area contributed by atoms with Crippen molar-refractivity contribution in [3.05, 3.63) is 59.7 Å². The number of carbonyl (C=O) groups is 2. The Hall–Kier alpha value is -3.02. The molecule has 1 amide bonds. The standard InChI is InChI=1S/C20H23NO5/c1-15-4-2-6-17(12-15)25-10-11-26-18-7-3-5-16(13-18)14-21-19(22)8-9-20(23)24/h2-7,12-13H,8-11,14H2,1H3,(H,21,22)(H,23,24). The molecule has 0 saturated heterocycles. The van der Waals surface area contributed by atoms with E-state index in [0.29, 0.717) is 25.5 Å². The van der Waals surface area contributed by atoms with Crippen molar-refractivity contribution in [3.63, 3.8) is 0 Å². The van der Waals surface area contributed by atoms with Crippen molar-refractivity contribution in [2.75, 3.05) is 13.2 Å². The van der Waals surface area contributed by atoms with Crippen molar-refractivity contribution in [2.24, 2.45) is 0 Å². The minimum Gasteiger partial charge on any atom is -0.490 e. The summed E-state index contributed by atoms with van der Waals surface area (Å²) in [6.45, 7) is 3.17. The Labute approximate surface area is 152 Å². The van der Waals surface area contributed by atoms with Crippen LogP contribution >= 0.6 is 0 Å². The number of nitrogens with one attached hydrogen (secondary N) is 1. The minimum absolute atomic E-state index is 0.0260. The van der Waals surface area contributed by atoms with E-state index in [1.807, 2.05) is 55.5 Å². The van der Waals surface area contributed by atoms with E-state index in [0.717, 1.165) is 16.9 Å². The molecule has 2 rings (SSSR count). The Morgan fingerprint density at radius 2 is 1.62 bits per heavy atom. The first-order valence-corrected chi connectivity index (χ1v) is 8.42. The lowest BCUT2D eigenvalue weighted by Gasteiger charge is -2.10. The number of carboxylic acid groups (broad SMARTS) is 1. The zero-order valence-electron chi connectivity index (χ0n) is 14.7. The van der Waals surface area contributed by atoms with Crippen LogP contribution in [-0.4, -0.2) is 30.2 Å². The Balaban J connectivity index is 1.72. The first-order chi connectivity index (χ1) is 12.5. The van der Waals surface area contributed by atoms with Gasteiger partial charge in [-0.15, -0.1) is 0 Å². The van der Waals surface area contributed by atoms with Crippen LogP contribution in [0.4, 0.5) is 0 Å². The van der Waals surface area contributed by atoms with Gasteiger partial charge in [0, 0.05) is 13.0 Å². The van der Waals surface area contributed by atoms with Crippen molar-refractivity contribution in [1.82, 2.24) is 5.32 Å². The van der Waals surface area contributed by atoms with Gasteiger partial charge in [0.15, 0.2) is 0 Å². The van der Waals surface area contributed by atoms with E-state index >= 15 is 0 Å². The number of amides is 1. The molecule has 0 atom stereocenters. The molecule has 2 N–H and O–H groups in total. The molecule has 2 aromatic carbocycles. The fourth-order valence-electron chi connectivity index (χ4n) is 2.28. The lowest BCUT2D eigenvalue weighted by molar-refractivity contribution is -0.138. The summed E-state index contributed by atoms with van der Waals surface area (Å²) in [5.74, 6) is 0.232. The fraction of sp³-hybridized carbons (Fsp3) is 0.300. The first-order valence-electron chi connectivity index (χ1n) is 8.42. The molecule has 0 unspecified atom stereocenters. The van der Waals surface area contributed by atoms with Gasteiger partial charge in [-0.25, -0.2) is 0 Å². The van der Waals surface area contributed by atoms with E-state index in [1.165, 1.54) is 0 Å². The number of hydrogen-bond donors (Lipinski definition) is 2. The van der Waals surface area contributed by atoms with Gasteiger partial charge in [0.25, 0.3) is 0 Å². The zero-order chi connectivity index (χ0) is 18.8. The maximum absolute atomic E-state index is 11.6. The van der Waals surface area contributed by atoms with Gasteiger partial charge in [-0.05, 0) is 42.3 Å². The molecular weight excluding hydrogens is 334 g/mol. The predicted molar refractivity (Wildman–Crippen MR) is 97.3 cm³/mol. The molecular formula is C20H23NO5. The largest absolute Gasteiger partial charge is 0.490 e. The van der Waals surface area contributed by atoms with Crippen molar-refractivity contribution in [1.29, 1.82) is 0 Å². The van der Waals surface area contributed by atoms with Gasteiger partial charge < -0.3 is 19.9 Å². The normalized spacial score (nSPS) is 10.2. The molecule has 26 heavy (non-hydrogen) atoms. The maximum atomic E-state index is 11.6. The maximum Gasteiger partial charge on any atom is 0.303 e. The summed E-state index contributed by atoms with van der Waals surface area (Å²) in [7, 11) is 0.